The molecule has 5 nitrogen and oxygen atoms in total. The normalized spacial score (nSPS) is 15.9. The average Bonchev–Trinajstić information content (AvgIpc) is 2.73. The third-order valence-corrected chi connectivity index (χ3v) is 4.01. The van der Waals surface area contributed by atoms with Crippen LogP contribution in [0.2, 0.25) is 5.02 Å². The van der Waals surface area contributed by atoms with Crippen LogP contribution in [0.1, 0.15) is 37.6 Å². The minimum atomic E-state index is -0.547. The number of rotatable bonds is 1. The molecule has 0 bridgehead atoms. The van der Waals surface area contributed by atoms with Gasteiger partial charge in [-0.15, -0.1) is 0 Å². The van der Waals surface area contributed by atoms with Crippen LogP contribution in [0.15, 0.2) is 18.2 Å². The molecule has 0 aromatic heterocycles. The zero-order chi connectivity index (χ0) is 17.9. The molecule has 1 aliphatic rings. The number of amides is 3. The van der Waals surface area contributed by atoms with Gasteiger partial charge in [0.15, 0.2) is 0 Å². The fourth-order valence-corrected chi connectivity index (χ4v) is 2.72. The molecule has 1 fully saturated rings. The van der Waals surface area contributed by atoms with Crippen molar-refractivity contribution >= 4 is 23.5 Å². The van der Waals surface area contributed by atoms with Gasteiger partial charge in [0.2, 0.25) is 0 Å². The van der Waals surface area contributed by atoms with Gasteiger partial charge in [0.1, 0.15) is 5.82 Å². The topological polar surface area (TPSA) is 52.7 Å². The van der Waals surface area contributed by atoms with Crippen molar-refractivity contribution in [3.05, 3.63) is 34.6 Å². The van der Waals surface area contributed by atoms with Crippen molar-refractivity contribution in [3.8, 4) is 0 Å². The summed E-state index contributed by atoms with van der Waals surface area (Å²) in [5.74, 6) is -0.746. The predicted octanol–water partition coefficient (Wildman–Crippen LogP) is 3.14. The zero-order valence-electron chi connectivity index (χ0n) is 14.2. The van der Waals surface area contributed by atoms with E-state index in [1.807, 2.05) is 20.8 Å². The Balaban J connectivity index is 2.01. The summed E-state index contributed by atoms with van der Waals surface area (Å²) in [6, 6.07) is 3.84. The lowest BCUT2D eigenvalue weighted by Crippen LogP contribution is -2.49. The molecular formula is C17H23ClFN3O2. The lowest BCUT2D eigenvalue weighted by molar-refractivity contribution is 0.0762. The summed E-state index contributed by atoms with van der Waals surface area (Å²) in [4.78, 5) is 28.2. The Kier molecular flexibility index (Phi) is 5.70. The lowest BCUT2D eigenvalue weighted by Gasteiger charge is -2.27. The first-order chi connectivity index (χ1) is 11.2. The molecule has 1 saturated heterocycles. The highest BCUT2D eigenvalue weighted by Gasteiger charge is 2.25. The second-order valence-corrected chi connectivity index (χ2v) is 7.35. The highest BCUT2D eigenvalue weighted by Crippen LogP contribution is 2.18. The van der Waals surface area contributed by atoms with Crippen molar-refractivity contribution in [1.82, 2.24) is 15.1 Å². The van der Waals surface area contributed by atoms with Crippen LogP contribution in [0.25, 0.3) is 0 Å². The Hall–Kier alpha value is -1.82. The van der Waals surface area contributed by atoms with Gasteiger partial charge in [-0.25, -0.2) is 9.18 Å². The maximum atomic E-state index is 13.2. The number of nitrogens with zero attached hydrogens (tertiary/aromatic N) is 2. The fourth-order valence-electron chi connectivity index (χ4n) is 2.54. The monoisotopic (exact) mass is 355 g/mol. The van der Waals surface area contributed by atoms with Crippen LogP contribution in [0.3, 0.4) is 0 Å². The number of nitrogens with one attached hydrogen (secondary N) is 1. The van der Waals surface area contributed by atoms with Crippen molar-refractivity contribution in [3.63, 3.8) is 0 Å². The first-order valence-electron chi connectivity index (χ1n) is 7.99. The van der Waals surface area contributed by atoms with E-state index in [-0.39, 0.29) is 22.5 Å². The molecule has 1 aromatic carbocycles. The smallest absolute Gasteiger partial charge is 0.317 e. The summed E-state index contributed by atoms with van der Waals surface area (Å²) in [5, 5.41) is 2.86. The highest BCUT2D eigenvalue weighted by molar-refractivity contribution is 6.31. The molecule has 1 aromatic rings. The molecule has 1 heterocycles. The van der Waals surface area contributed by atoms with Gasteiger partial charge in [-0.05, 0) is 45.4 Å². The molecule has 1 N–H and O–H groups in total. The van der Waals surface area contributed by atoms with Gasteiger partial charge in [-0.2, -0.15) is 0 Å². The Labute approximate surface area is 146 Å². The molecule has 132 valence electrons. The second kappa shape index (κ2) is 7.38. The van der Waals surface area contributed by atoms with Crippen LogP contribution in [0, 0.1) is 5.82 Å². The summed E-state index contributed by atoms with van der Waals surface area (Å²) in [7, 11) is 0. The standard InChI is InChI=1S/C17H23ClFN3O2/c1-17(2,3)20-16(24)22-8-4-7-21(9-10-22)15(23)12-5-6-14(19)13(18)11-12/h5-6,11H,4,7-10H2,1-3H3,(H,20,24). The SMILES string of the molecule is CC(C)(C)NC(=O)N1CCCN(C(=O)c2ccc(F)c(Cl)c2)CC1. The van der Waals surface area contributed by atoms with Gasteiger partial charge in [-0.1, -0.05) is 11.6 Å². The Bertz CT molecular complexity index is 631. The van der Waals surface area contributed by atoms with Crippen LogP contribution in [-0.4, -0.2) is 53.5 Å². The Morgan fingerprint density at radius 2 is 1.75 bits per heavy atom. The third kappa shape index (κ3) is 4.84. The first-order valence-corrected chi connectivity index (χ1v) is 8.36. The average molecular weight is 356 g/mol. The summed E-state index contributed by atoms with van der Waals surface area (Å²) in [6.07, 6.45) is 0.693. The molecule has 1 aliphatic heterocycles. The number of carbonyl (C=O) groups is 2. The molecule has 0 aliphatic carbocycles. The highest BCUT2D eigenvalue weighted by atomic mass is 35.5. The summed E-state index contributed by atoms with van der Waals surface area (Å²) in [6.45, 7) is 7.82. The molecule has 0 atom stereocenters. The van der Waals surface area contributed by atoms with Crippen molar-refractivity contribution in [2.24, 2.45) is 0 Å². The Morgan fingerprint density at radius 3 is 2.38 bits per heavy atom. The van der Waals surface area contributed by atoms with Gasteiger partial charge in [0.05, 0.1) is 5.02 Å². The zero-order valence-corrected chi connectivity index (χ0v) is 15.0. The molecule has 3 amide bonds. The molecule has 0 unspecified atom stereocenters. The third-order valence-electron chi connectivity index (χ3n) is 3.72. The van der Waals surface area contributed by atoms with E-state index >= 15 is 0 Å². The van der Waals surface area contributed by atoms with E-state index < -0.39 is 5.82 Å². The largest absolute Gasteiger partial charge is 0.337 e. The van der Waals surface area contributed by atoms with E-state index in [2.05, 4.69) is 5.32 Å². The summed E-state index contributed by atoms with van der Waals surface area (Å²) >= 11 is 5.75. The van der Waals surface area contributed by atoms with E-state index in [9.17, 15) is 14.0 Å². The van der Waals surface area contributed by atoms with E-state index in [1.165, 1.54) is 18.2 Å². The number of carbonyl (C=O) groups excluding carboxylic acids is 2. The molecule has 2 rings (SSSR count). The van der Waals surface area contributed by atoms with E-state index in [1.54, 1.807) is 9.80 Å². The van der Waals surface area contributed by atoms with Gasteiger partial charge in [0.25, 0.3) is 5.91 Å². The van der Waals surface area contributed by atoms with E-state index in [4.69, 9.17) is 11.6 Å². The van der Waals surface area contributed by atoms with Crippen LogP contribution >= 0.6 is 11.6 Å². The van der Waals surface area contributed by atoms with Crippen LogP contribution < -0.4 is 5.32 Å². The predicted molar refractivity (Wildman–Crippen MR) is 91.8 cm³/mol. The maximum Gasteiger partial charge on any atom is 0.317 e. The minimum absolute atomic E-state index is 0.0677. The number of halogens is 2. The van der Waals surface area contributed by atoms with Crippen molar-refractivity contribution in [2.75, 3.05) is 26.2 Å². The number of hydrogen-bond acceptors (Lipinski definition) is 2. The van der Waals surface area contributed by atoms with Crippen molar-refractivity contribution in [2.45, 2.75) is 32.7 Å². The van der Waals surface area contributed by atoms with Crippen molar-refractivity contribution in [1.29, 1.82) is 0 Å². The van der Waals surface area contributed by atoms with Gasteiger partial charge in [0, 0.05) is 37.3 Å². The number of benzene rings is 1. The van der Waals surface area contributed by atoms with Crippen LogP contribution in [0.4, 0.5) is 9.18 Å². The summed E-state index contributed by atoms with van der Waals surface area (Å²) in [5.41, 5.74) is 0.0537. The molecule has 0 radical (unpaired) electrons. The Morgan fingerprint density at radius 1 is 1.12 bits per heavy atom. The summed E-state index contributed by atoms with van der Waals surface area (Å²) < 4.78 is 13.2. The van der Waals surface area contributed by atoms with Crippen molar-refractivity contribution < 1.29 is 14.0 Å². The van der Waals surface area contributed by atoms with Crippen LogP contribution in [-0.2, 0) is 0 Å². The van der Waals surface area contributed by atoms with Gasteiger partial charge >= 0.3 is 6.03 Å². The number of hydrogen-bond donors (Lipinski definition) is 1. The molecule has 0 saturated carbocycles. The fraction of sp³-hybridized carbons (Fsp3) is 0.529. The first kappa shape index (κ1) is 18.5. The lowest BCUT2D eigenvalue weighted by atomic mass is 10.1. The van der Waals surface area contributed by atoms with Gasteiger partial charge in [-0.3, -0.25) is 4.79 Å². The van der Waals surface area contributed by atoms with E-state index in [0.717, 1.165) is 0 Å². The quantitative estimate of drug-likeness (QED) is 0.841. The minimum Gasteiger partial charge on any atom is -0.337 e. The van der Waals surface area contributed by atoms with Gasteiger partial charge < -0.3 is 15.1 Å². The second-order valence-electron chi connectivity index (χ2n) is 6.94. The maximum absolute atomic E-state index is 13.2. The van der Waals surface area contributed by atoms with E-state index in [0.29, 0.717) is 38.2 Å². The van der Waals surface area contributed by atoms with Crippen LogP contribution in [0.5, 0.6) is 0 Å². The molecule has 24 heavy (non-hydrogen) atoms. The molecular weight excluding hydrogens is 333 g/mol. The molecule has 0 spiro atoms. The molecule has 7 heteroatoms. The number of urea groups is 1.